The second-order valence-corrected chi connectivity index (χ2v) is 6.25. The molecule has 0 fully saturated rings. The third-order valence-corrected chi connectivity index (χ3v) is 4.17. The second kappa shape index (κ2) is 10.5. The largest absolute Gasteiger partial charge is 0.496 e. The Kier molecular flexibility index (Phi) is 9.01. The number of nitrogens with zero attached hydrogens (tertiary/aromatic N) is 1. The van der Waals surface area contributed by atoms with Gasteiger partial charge in [0.15, 0.2) is 5.96 Å². The summed E-state index contributed by atoms with van der Waals surface area (Å²) >= 11 is 1.80. The highest BCUT2D eigenvalue weighted by Crippen LogP contribution is 2.18. The number of rotatable bonds is 6. The Morgan fingerprint density at radius 2 is 1.96 bits per heavy atom. The zero-order chi connectivity index (χ0) is 15.8. The van der Waals surface area contributed by atoms with Crippen molar-refractivity contribution in [2.24, 2.45) is 4.99 Å². The van der Waals surface area contributed by atoms with Crippen LogP contribution in [0.25, 0.3) is 0 Å². The van der Waals surface area contributed by atoms with Crippen molar-refractivity contribution in [1.29, 1.82) is 0 Å². The molecule has 126 valence electrons. The Balaban J connectivity index is 0.00000264. The molecule has 0 aliphatic heterocycles. The molecule has 0 aliphatic carbocycles. The van der Waals surface area contributed by atoms with E-state index < -0.39 is 0 Å². The van der Waals surface area contributed by atoms with Gasteiger partial charge in [0, 0.05) is 21.9 Å². The molecule has 2 rings (SSSR count). The van der Waals surface area contributed by atoms with E-state index in [0.29, 0.717) is 6.54 Å². The predicted molar refractivity (Wildman–Crippen MR) is 109 cm³/mol. The van der Waals surface area contributed by atoms with E-state index in [-0.39, 0.29) is 24.0 Å². The molecule has 2 aromatic rings. The van der Waals surface area contributed by atoms with Crippen molar-refractivity contribution in [3.63, 3.8) is 0 Å². The molecule has 1 aromatic carbocycles. The molecule has 0 saturated heterocycles. The van der Waals surface area contributed by atoms with E-state index in [2.05, 4.69) is 41.6 Å². The fourth-order valence-corrected chi connectivity index (χ4v) is 2.92. The van der Waals surface area contributed by atoms with Crippen LogP contribution < -0.4 is 15.4 Å². The van der Waals surface area contributed by atoms with Crippen molar-refractivity contribution in [3.8, 4) is 5.75 Å². The summed E-state index contributed by atoms with van der Waals surface area (Å²) in [5, 5.41) is 6.64. The predicted octanol–water partition coefficient (Wildman–Crippen LogP) is 3.94. The van der Waals surface area contributed by atoms with Gasteiger partial charge in [0.1, 0.15) is 5.75 Å². The van der Waals surface area contributed by atoms with Crippen LogP contribution in [0.3, 0.4) is 0 Å². The lowest BCUT2D eigenvalue weighted by molar-refractivity contribution is 0.410. The van der Waals surface area contributed by atoms with Gasteiger partial charge < -0.3 is 15.4 Å². The minimum absolute atomic E-state index is 0. The van der Waals surface area contributed by atoms with Gasteiger partial charge in [-0.25, -0.2) is 4.99 Å². The lowest BCUT2D eigenvalue weighted by Gasteiger charge is -2.11. The van der Waals surface area contributed by atoms with Gasteiger partial charge in [0.2, 0.25) is 0 Å². The molecule has 4 nitrogen and oxygen atoms in total. The van der Waals surface area contributed by atoms with Crippen LogP contribution in [0, 0.1) is 6.92 Å². The summed E-state index contributed by atoms with van der Waals surface area (Å²) in [7, 11) is 1.69. The number of hydrogen-bond acceptors (Lipinski definition) is 3. The normalized spacial score (nSPS) is 10.8. The summed E-state index contributed by atoms with van der Waals surface area (Å²) in [6, 6.07) is 12.3. The first-order chi connectivity index (χ1) is 10.7. The molecule has 0 unspecified atom stereocenters. The molecule has 0 spiro atoms. The number of para-hydroxylation sites is 1. The number of guanidine groups is 1. The summed E-state index contributed by atoms with van der Waals surface area (Å²) in [6.07, 6.45) is 0. The summed E-state index contributed by atoms with van der Waals surface area (Å²) in [6.45, 7) is 6.39. The van der Waals surface area contributed by atoms with Crippen LogP contribution in [0.5, 0.6) is 5.75 Å². The Morgan fingerprint density at radius 1 is 1.17 bits per heavy atom. The van der Waals surface area contributed by atoms with Crippen molar-refractivity contribution in [1.82, 2.24) is 10.6 Å². The number of aliphatic imine (C=N–C) groups is 1. The maximum Gasteiger partial charge on any atom is 0.191 e. The first kappa shape index (κ1) is 19.8. The molecule has 0 aliphatic rings. The first-order valence-electron chi connectivity index (χ1n) is 7.42. The Labute approximate surface area is 159 Å². The number of aryl methyl sites for hydroxylation is 1. The summed E-state index contributed by atoms with van der Waals surface area (Å²) < 4.78 is 5.36. The molecule has 0 bridgehead atoms. The molecule has 0 amide bonds. The van der Waals surface area contributed by atoms with Gasteiger partial charge in [-0.05, 0) is 32.0 Å². The molecular weight excluding hydrogens is 421 g/mol. The van der Waals surface area contributed by atoms with Crippen molar-refractivity contribution in [3.05, 3.63) is 51.7 Å². The van der Waals surface area contributed by atoms with Crippen molar-refractivity contribution in [2.75, 3.05) is 13.7 Å². The van der Waals surface area contributed by atoms with Gasteiger partial charge in [0.25, 0.3) is 0 Å². The number of methoxy groups -OCH3 is 1. The van der Waals surface area contributed by atoms with Crippen LogP contribution in [0.4, 0.5) is 0 Å². The molecule has 23 heavy (non-hydrogen) atoms. The van der Waals surface area contributed by atoms with E-state index in [1.54, 1.807) is 18.4 Å². The van der Waals surface area contributed by atoms with Crippen LogP contribution in [0.15, 0.2) is 41.4 Å². The van der Waals surface area contributed by atoms with Gasteiger partial charge in [-0.2, -0.15) is 0 Å². The van der Waals surface area contributed by atoms with Crippen molar-refractivity contribution in [2.45, 2.75) is 26.9 Å². The number of ether oxygens (including phenoxy) is 1. The fraction of sp³-hybridized carbons (Fsp3) is 0.353. The van der Waals surface area contributed by atoms with Gasteiger partial charge in [0.05, 0.1) is 20.2 Å². The standard InChI is InChI=1S/C17H23N3OS.HI/c1-4-18-17(20-12-15-10-9-13(2)22-15)19-11-14-7-5-6-8-16(14)21-3;/h5-10H,4,11-12H2,1-3H3,(H2,18,19,20);1H. The van der Waals surface area contributed by atoms with Gasteiger partial charge in [-0.3, -0.25) is 0 Å². The first-order valence-corrected chi connectivity index (χ1v) is 8.24. The SMILES string of the molecule is CCNC(=NCc1ccccc1OC)NCc1ccc(C)s1.I. The van der Waals surface area contributed by atoms with E-state index in [4.69, 9.17) is 4.74 Å². The third-order valence-electron chi connectivity index (χ3n) is 3.17. The molecular formula is C17H24IN3OS. The Hall–Kier alpha value is -1.28. The molecule has 6 heteroatoms. The molecule has 2 N–H and O–H groups in total. The Bertz CT molecular complexity index is 628. The summed E-state index contributed by atoms with van der Waals surface area (Å²) in [5.41, 5.74) is 1.08. The number of hydrogen-bond donors (Lipinski definition) is 2. The van der Waals surface area contributed by atoms with E-state index in [1.165, 1.54) is 9.75 Å². The van der Waals surface area contributed by atoms with Crippen LogP contribution in [0.2, 0.25) is 0 Å². The van der Waals surface area contributed by atoms with E-state index in [9.17, 15) is 0 Å². The second-order valence-electron chi connectivity index (χ2n) is 4.87. The van der Waals surface area contributed by atoms with Crippen molar-refractivity contribution >= 4 is 41.3 Å². The molecule has 0 radical (unpaired) electrons. The molecule has 0 saturated carbocycles. The van der Waals surface area contributed by atoms with Gasteiger partial charge in [-0.15, -0.1) is 35.3 Å². The topological polar surface area (TPSA) is 45.7 Å². The number of thiophene rings is 1. The maximum atomic E-state index is 5.36. The average molecular weight is 445 g/mol. The lowest BCUT2D eigenvalue weighted by atomic mass is 10.2. The highest BCUT2D eigenvalue weighted by atomic mass is 127. The summed E-state index contributed by atoms with van der Waals surface area (Å²) in [4.78, 5) is 7.27. The van der Waals surface area contributed by atoms with Crippen molar-refractivity contribution < 1.29 is 4.74 Å². The third kappa shape index (κ3) is 6.39. The van der Waals surface area contributed by atoms with Crippen LogP contribution in [-0.4, -0.2) is 19.6 Å². The molecule has 0 atom stereocenters. The monoisotopic (exact) mass is 445 g/mol. The van der Waals surface area contributed by atoms with Gasteiger partial charge in [-0.1, -0.05) is 18.2 Å². The highest BCUT2D eigenvalue weighted by molar-refractivity contribution is 14.0. The van der Waals surface area contributed by atoms with E-state index in [0.717, 1.165) is 30.4 Å². The minimum Gasteiger partial charge on any atom is -0.496 e. The number of nitrogens with one attached hydrogen (secondary N) is 2. The molecule has 1 heterocycles. The zero-order valence-electron chi connectivity index (χ0n) is 13.8. The average Bonchev–Trinajstić information content (AvgIpc) is 2.96. The quantitative estimate of drug-likeness (QED) is 0.402. The van der Waals surface area contributed by atoms with Crippen LogP contribution in [-0.2, 0) is 13.1 Å². The highest BCUT2D eigenvalue weighted by Gasteiger charge is 2.03. The Morgan fingerprint density at radius 3 is 2.61 bits per heavy atom. The van der Waals surface area contributed by atoms with Crippen LogP contribution >= 0.6 is 35.3 Å². The smallest absolute Gasteiger partial charge is 0.191 e. The molecule has 1 aromatic heterocycles. The van der Waals surface area contributed by atoms with Gasteiger partial charge >= 0.3 is 0 Å². The van der Waals surface area contributed by atoms with E-state index >= 15 is 0 Å². The fourth-order valence-electron chi connectivity index (χ4n) is 2.09. The van der Waals surface area contributed by atoms with E-state index in [1.807, 2.05) is 24.3 Å². The number of halogens is 1. The van der Waals surface area contributed by atoms with Crippen LogP contribution in [0.1, 0.15) is 22.2 Å². The maximum absolute atomic E-state index is 5.36. The zero-order valence-corrected chi connectivity index (χ0v) is 16.9. The lowest BCUT2D eigenvalue weighted by Crippen LogP contribution is -2.36. The minimum atomic E-state index is 0. The summed E-state index contributed by atoms with van der Waals surface area (Å²) in [5.74, 6) is 1.69. The number of benzene rings is 1.